The van der Waals surface area contributed by atoms with E-state index in [2.05, 4.69) is 12.6 Å². The van der Waals surface area contributed by atoms with Crippen molar-refractivity contribution in [3.8, 4) is 0 Å². The number of benzene rings is 2. The third kappa shape index (κ3) is 3.36. The second-order valence-electron chi connectivity index (χ2n) is 6.77. The van der Waals surface area contributed by atoms with Gasteiger partial charge >= 0.3 is 0 Å². The number of fused-ring (bicyclic) bond motifs is 1. The maximum absolute atomic E-state index is 13.9. The van der Waals surface area contributed by atoms with Gasteiger partial charge in [0, 0.05) is 13.0 Å². The highest BCUT2D eigenvalue weighted by Gasteiger charge is 2.34. The topological polar surface area (TPSA) is 23.6 Å². The molecule has 0 aliphatic carbocycles. The lowest BCUT2D eigenvalue weighted by Gasteiger charge is -2.37. The third-order valence-electron chi connectivity index (χ3n) is 5.10. The number of aryl methyl sites for hydroxylation is 3. The molecule has 0 saturated heterocycles. The van der Waals surface area contributed by atoms with Crippen LogP contribution in [-0.2, 0) is 17.8 Å². The lowest BCUT2D eigenvalue weighted by atomic mass is 9.93. The molecule has 0 radical (unpaired) electrons. The Hall–Kier alpha value is -2.27. The Morgan fingerprint density at radius 2 is 1.85 bits per heavy atom. The number of hydrogen-bond acceptors (Lipinski definition) is 3. The van der Waals surface area contributed by atoms with Gasteiger partial charge in [-0.1, -0.05) is 36.9 Å². The van der Waals surface area contributed by atoms with Crippen molar-refractivity contribution >= 4 is 23.9 Å². The summed E-state index contributed by atoms with van der Waals surface area (Å²) in [6.07, 6.45) is 2.22. The second kappa shape index (κ2) is 7.54. The Labute approximate surface area is 158 Å². The predicted molar refractivity (Wildman–Crippen MR) is 107 cm³/mol. The molecule has 3 rings (SSSR count). The van der Waals surface area contributed by atoms with Crippen LogP contribution in [0.1, 0.15) is 27.8 Å². The predicted octanol–water partition coefficient (Wildman–Crippen LogP) is 5.05. The van der Waals surface area contributed by atoms with Crippen molar-refractivity contribution in [3.05, 3.63) is 77.0 Å². The maximum Gasteiger partial charge on any atom is 0.262 e. The number of hydrogen-bond donors (Lipinski definition) is 0. The van der Waals surface area contributed by atoms with Crippen LogP contribution in [0.3, 0.4) is 0 Å². The SMILES string of the molecule is C=CN1Cc2ccccc2CC1C(=O)N(SF)c1cc(C)c(C)cc1C. The summed E-state index contributed by atoms with van der Waals surface area (Å²) < 4.78 is 15.0. The first-order valence-electron chi connectivity index (χ1n) is 8.62. The maximum atomic E-state index is 13.9. The van der Waals surface area contributed by atoms with Gasteiger partial charge in [0.25, 0.3) is 5.91 Å². The van der Waals surface area contributed by atoms with E-state index in [4.69, 9.17) is 0 Å². The molecule has 0 spiro atoms. The molecule has 26 heavy (non-hydrogen) atoms. The molecule has 0 N–H and O–H groups in total. The van der Waals surface area contributed by atoms with Crippen LogP contribution in [0.15, 0.2) is 49.2 Å². The van der Waals surface area contributed by atoms with E-state index in [1.54, 1.807) is 6.20 Å². The molecule has 136 valence electrons. The van der Waals surface area contributed by atoms with Gasteiger partial charge in [-0.3, -0.25) is 4.79 Å². The average molecular weight is 370 g/mol. The minimum atomic E-state index is -0.466. The van der Waals surface area contributed by atoms with E-state index in [-0.39, 0.29) is 18.2 Å². The fourth-order valence-electron chi connectivity index (χ4n) is 3.45. The Morgan fingerprint density at radius 1 is 1.19 bits per heavy atom. The summed E-state index contributed by atoms with van der Waals surface area (Å²) >= 11 is -0.0298. The number of rotatable bonds is 4. The largest absolute Gasteiger partial charge is 0.362 e. The fraction of sp³-hybridized carbons (Fsp3) is 0.286. The van der Waals surface area contributed by atoms with Crippen LogP contribution in [0.5, 0.6) is 0 Å². The number of nitrogens with zero attached hydrogens (tertiary/aromatic N) is 2. The molecule has 1 amide bonds. The molecule has 5 heteroatoms. The molecule has 1 aliphatic rings. The molecule has 1 aliphatic heterocycles. The molecule has 1 atom stereocenters. The summed E-state index contributed by atoms with van der Waals surface area (Å²) in [5.41, 5.74) is 5.96. The Bertz CT molecular complexity index is 852. The van der Waals surface area contributed by atoms with Crippen molar-refractivity contribution < 1.29 is 8.68 Å². The first kappa shape index (κ1) is 18.5. The second-order valence-corrected chi connectivity index (χ2v) is 7.27. The molecule has 0 fully saturated rings. The van der Waals surface area contributed by atoms with Gasteiger partial charge in [0.2, 0.25) is 0 Å². The molecule has 1 unspecified atom stereocenters. The van der Waals surface area contributed by atoms with Crippen molar-refractivity contribution in [2.24, 2.45) is 0 Å². The smallest absolute Gasteiger partial charge is 0.262 e. The van der Waals surface area contributed by atoms with Gasteiger partial charge in [0.1, 0.15) is 6.04 Å². The highest BCUT2D eigenvalue weighted by molar-refractivity contribution is 7.96. The normalized spacial score (nSPS) is 16.2. The standard InChI is InChI=1S/C21H23FN2OS/c1-5-23-13-18-9-7-6-8-17(18)12-20(23)21(25)24(26-22)19-11-15(3)14(2)10-16(19)4/h5-11,20H,1,12-13H2,2-4H3. The van der Waals surface area contributed by atoms with E-state index in [0.29, 0.717) is 18.7 Å². The highest BCUT2D eigenvalue weighted by atomic mass is 32.2. The van der Waals surface area contributed by atoms with Gasteiger partial charge in [-0.2, -0.15) is 0 Å². The lowest BCUT2D eigenvalue weighted by molar-refractivity contribution is -0.122. The van der Waals surface area contributed by atoms with Crippen LogP contribution in [0.4, 0.5) is 9.57 Å². The van der Waals surface area contributed by atoms with Crippen molar-refractivity contribution in [2.75, 3.05) is 4.31 Å². The minimum absolute atomic E-state index is 0.0298. The van der Waals surface area contributed by atoms with E-state index in [1.807, 2.05) is 56.0 Å². The molecular formula is C21H23FN2OS. The van der Waals surface area contributed by atoms with Crippen molar-refractivity contribution in [1.29, 1.82) is 0 Å². The van der Waals surface area contributed by atoms with Gasteiger partial charge in [-0.15, -0.1) is 3.89 Å². The van der Waals surface area contributed by atoms with E-state index in [1.165, 1.54) is 9.87 Å². The number of halogens is 1. The Balaban J connectivity index is 1.96. The minimum Gasteiger partial charge on any atom is -0.362 e. The van der Waals surface area contributed by atoms with E-state index in [9.17, 15) is 8.68 Å². The van der Waals surface area contributed by atoms with Crippen molar-refractivity contribution in [2.45, 2.75) is 39.8 Å². The van der Waals surface area contributed by atoms with E-state index >= 15 is 0 Å². The van der Waals surface area contributed by atoms with Crippen molar-refractivity contribution in [1.82, 2.24) is 4.90 Å². The Kier molecular flexibility index (Phi) is 5.37. The van der Waals surface area contributed by atoms with Gasteiger partial charge in [0.05, 0.1) is 5.69 Å². The third-order valence-corrected chi connectivity index (χ3v) is 5.62. The lowest BCUT2D eigenvalue weighted by Crippen LogP contribution is -2.47. The summed E-state index contributed by atoms with van der Waals surface area (Å²) in [7, 11) is 0. The molecule has 0 aromatic heterocycles. The van der Waals surface area contributed by atoms with Crippen LogP contribution >= 0.6 is 12.3 Å². The zero-order chi connectivity index (χ0) is 18.8. The van der Waals surface area contributed by atoms with Crippen LogP contribution in [-0.4, -0.2) is 16.8 Å². The Morgan fingerprint density at radius 3 is 2.50 bits per heavy atom. The average Bonchev–Trinajstić information content (AvgIpc) is 2.65. The van der Waals surface area contributed by atoms with Crippen LogP contribution in [0.25, 0.3) is 0 Å². The van der Waals surface area contributed by atoms with Crippen LogP contribution in [0.2, 0.25) is 0 Å². The molecular weight excluding hydrogens is 347 g/mol. The summed E-state index contributed by atoms with van der Waals surface area (Å²) in [6, 6.07) is 11.5. The fourth-order valence-corrected chi connectivity index (χ4v) is 3.91. The molecule has 2 aromatic rings. The number of anilines is 1. The van der Waals surface area contributed by atoms with E-state index < -0.39 is 6.04 Å². The molecule has 2 aromatic carbocycles. The zero-order valence-electron chi connectivity index (χ0n) is 15.3. The molecule has 1 heterocycles. The summed E-state index contributed by atoms with van der Waals surface area (Å²) in [5.74, 6) is -0.266. The van der Waals surface area contributed by atoms with E-state index in [0.717, 1.165) is 22.3 Å². The van der Waals surface area contributed by atoms with Gasteiger partial charge < -0.3 is 4.90 Å². The number of amides is 1. The summed E-state index contributed by atoms with van der Waals surface area (Å²) in [5, 5.41) is 0. The summed E-state index contributed by atoms with van der Waals surface area (Å²) in [4.78, 5) is 15.1. The molecule has 0 bridgehead atoms. The monoisotopic (exact) mass is 370 g/mol. The zero-order valence-corrected chi connectivity index (χ0v) is 16.1. The van der Waals surface area contributed by atoms with Gasteiger partial charge in [0.15, 0.2) is 12.3 Å². The quantitative estimate of drug-likeness (QED) is 0.704. The summed E-state index contributed by atoms with van der Waals surface area (Å²) in [6.45, 7) is 10.3. The van der Waals surface area contributed by atoms with Crippen LogP contribution < -0.4 is 4.31 Å². The number of carbonyl (C=O) groups excluding carboxylic acids is 1. The first-order valence-corrected chi connectivity index (χ1v) is 9.29. The van der Waals surface area contributed by atoms with Gasteiger partial charge in [-0.05, 0) is 60.9 Å². The number of carbonyl (C=O) groups is 1. The van der Waals surface area contributed by atoms with Crippen molar-refractivity contribution in [3.63, 3.8) is 0 Å². The highest BCUT2D eigenvalue weighted by Crippen LogP contribution is 2.33. The first-order chi connectivity index (χ1) is 12.5. The molecule has 0 saturated carbocycles. The van der Waals surface area contributed by atoms with Gasteiger partial charge in [-0.25, -0.2) is 4.31 Å². The molecule has 3 nitrogen and oxygen atoms in total. The van der Waals surface area contributed by atoms with Crippen LogP contribution in [0, 0.1) is 20.8 Å².